The molecule has 3 nitrogen and oxygen atoms in total. The zero-order chi connectivity index (χ0) is 27.3. The molecule has 0 radical (unpaired) electrons. The average Bonchev–Trinajstić information content (AvgIpc) is 2.93. The first-order chi connectivity index (χ1) is 17.4. The summed E-state index contributed by atoms with van der Waals surface area (Å²) in [6, 6.07) is 26.3. The van der Waals surface area contributed by atoms with Crippen molar-refractivity contribution < 1.29 is 13.6 Å². The summed E-state index contributed by atoms with van der Waals surface area (Å²) in [5.41, 5.74) is 3.31. The van der Waals surface area contributed by atoms with Crippen LogP contribution in [0.1, 0.15) is 97.8 Å². The predicted octanol–water partition coefficient (Wildman–Crippen LogP) is 9.58. The summed E-state index contributed by atoms with van der Waals surface area (Å²) in [4.78, 5) is 0. The molecule has 1 unspecified atom stereocenters. The van der Waals surface area contributed by atoms with Crippen LogP contribution in [-0.2, 0) is 19.9 Å². The molecule has 0 amide bonds. The van der Waals surface area contributed by atoms with E-state index < -0.39 is 13.2 Å². The summed E-state index contributed by atoms with van der Waals surface area (Å²) < 4.78 is 26.6. The fourth-order valence-corrected chi connectivity index (χ4v) is 6.61. The Labute approximate surface area is 225 Å². The molecule has 3 rings (SSSR count). The monoisotopic (exact) mass is 520 g/mol. The Morgan fingerprint density at radius 1 is 0.622 bits per heavy atom. The zero-order valence-corrected chi connectivity index (χ0v) is 24.9. The second-order valence-corrected chi connectivity index (χ2v) is 13.0. The van der Waals surface area contributed by atoms with E-state index in [0.717, 1.165) is 25.7 Å². The minimum atomic E-state index is -3.59. The van der Waals surface area contributed by atoms with Crippen LogP contribution in [0.3, 0.4) is 0 Å². The molecule has 3 aromatic rings. The fraction of sp³-hybridized carbons (Fsp3) is 0.455. The van der Waals surface area contributed by atoms with Gasteiger partial charge in [0.25, 0.3) is 0 Å². The second-order valence-electron chi connectivity index (χ2n) is 11.2. The van der Waals surface area contributed by atoms with E-state index in [1.807, 2.05) is 63.2 Å². The second kappa shape index (κ2) is 11.6. The summed E-state index contributed by atoms with van der Waals surface area (Å²) >= 11 is 0. The van der Waals surface area contributed by atoms with Crippen molar-refractivity contribution in [2.45, 2.75) is 97.5 Å². The molecule has 3 aromatic carbocycles. The fourth-order valence-electron chi connectivity index (χ4n) is 4.59. The van der Waals surface area contributed by atoms with E-state index in [2.05, 4.69) is 71.0 Å². The highest BCUT2D eigenvalue weighted by Crippen LogP contribution is 2.52. The minimum Gasteiger partial charge on any atom is -0.421 e. The van der Waals surface area contributed by atoms with Crippen LogP contribution in [-0.4, -0.2) is 5.60 Å². The molecule has 0 aliphatic carbocycles. The molecular formula is C33H45O3P. The van der Waals surface area contributed by atoms with Crippen molar-refractivity contribution in [3.8, 4) is 5.75 Å². The molecule has 37 heavy (non-hydrogen) atoms. The zero-order valence-electron chi connectivity index (χ0n) is 24.0. The van der Waals surface area contributed by atoms with Crippen molar-refractivity contribution in [3.63, 3.8) is 0 Å². The van der Waals surface area contributed by atoms with Gasteiger partial charge in [-0.2, -0.15) is 0 Å². The third-order valence-electron chi connectivity index (χ3n) is 8.57. The molecule has 0 saturated heterocycles. The first kappa shape index (κ1) is 29.2. The summed E-state index contributed by atoms with van der Waals surface area (Å²) in [5.74, 6) is 0.540. The van der Waals surface area contributed by atoms with Gasteiger partial charge in [-0.1, -0.05) is 103 Å². The van der Waals surface area contributed by atoms with Gasteiger partial charge < -0.3 is 4.52 Å². The number of hydrogen-bond donors (Lipinski definition) is 0. The first-order valence-electron chi connectivity index (χ1n) is 13.7. The quantitative estimate of drug-likeness (QED) is 0.223. The van der Waals surface area contributed by atoms with Crippen LogP contribution in [0.2, 0.25) is 0 Å². The smallest absolute Gasteiger partial charge is 0.411 e. The Bertz CT molecular complexity index is 1170. The van der Waals surface area contributed by atoms with E-state index in [0.29, 0.717) is 11.1 Å². The van der Waals surface area contributed by atoms with E-state index >= 15 is 0 Å². The van der Waals surface area contributed by atoms with Crippen LogP contribution in [0.25, 0.3) is 0 Å². The summed E-state index contributed by atoms with van der Waals surface area (Å²) in [5, 5.41) is 0.568. The van der Waals surface area contributed by atoms with Gasteiger partial charge in [-0.3, -0.25) is 4.52 Å². The van der Waals surface area contributed by atoms with Crippen LogP contribution in [0, 0.1) is 0 Å². The van der Waals surface area contributed by atoms with E-state index in [-0.39, 0.29) is 10.8 Å². The van der Waals surface area contributed by atoms with Crippen LogP contribution >= 0.6 is 7.60 Å². The topological polar surface area (TPSA) is 35.5 Å². The van der Waals surface area contributed by atoms with Gasteiger partial charge in [0, 0.05) is 5.41 Å². The van der Waals surface area contributed by atoms with Crippen LogP contribution < -0.4 is 9.83 Å². The third kappa shape index (κ3) is 6.39. The average molecular weight is 521 g/mol. The number of benzene rings is 3. The molecule has 0 aliphatic heterocycles. The maximum absolute atomic E-state index is 14.1. The lowest BCUT2D eigenvalue weighted by atomic mass is 9.74. The van der Waals surface area contributed by atoms with Crippen molar-refractivity contribution in [3.05, 3.63) is 95.6 Å². The van der Waals surface area contributed by atoms with Crippen molar-refractivity contribution >= 4 is 12.9 Å². The lowest BCUT2D eigenvalue weighted by Gasteiger charge is -2.32. The maximum atomic E-state index is 14.1. The molecular weight excluding hydrogens is 475 g/mol. The van der Waals surface area contributed by atoms with Crippen molar-refractivity contribution in [2.24, 2.45) is 0 Å². The van der Waals surface area contributed by atoms with E-state index in [1.54, 1.807) is 0 Å². The Balaban J connectivity index is 1.88. The Morgan fingerprint density at radius 3 is 1.54 bits per heavy atom. The lowest BCUT2D eigenvalue weighted by Crippen LogP contribution is -2.29. The maximum Gasteiger partial charge on any atom is 0.411 e. The highest BCUT2D eigenvalue weighted by Gasteiger charge is 2.37. The SMILES string of the molecule is CCC(C)(CC)OP(=O)(Oc1ccc(C(C)(C)c2ccc(C(C)(CC)CC)cc2)cc1)c1ccccc1. The number of hydrogen-bond acceptors (Lipinski definition) is 3. The van der Waals surface area contributed by atoms with Gasteiger partial charge in [0.15, 0.2) is 0 Å². The van der Waals surface area contributed by atoms with Gasteiger partial charge in [0.2, 0.25) is 0 Å². The molecule has 4 heteroatoms. The summed E-state index contributed by atoms with van der Waals surface area (Å²) in [6.07, 6.45) is 3.73. The molecule has 0 saturated carbocycles. The highest BCUT2D eigenvalue weighted by atomic mass is 31.2. The highest BCUT2D eigenvalue weighted by molar-refractivity contribution is 7.62. The molecule has 1 atom stereocenters. The molecule has 200 valence electrons. The normalized spacial score (nSPS) is 14.3. The van der Waals surface area contributed by atoms with Gasteiger partial charge in [-0.05, 0) is 79.0 Å². The number of rotatable bonds is 12. The predicted molar refractivity (Wildman–Crippen MR) is 157 cm³/mol. The molecule has 0 N–H and O–H groups in total. The largest absolute Gasteiger partial charge is 0.421 e. The first-order valence-corrected chi connectivity index (χ1v) is 15.3. The van der Waals surface area contributed by atoms with Gasteiger partial charge >= 0.3 is 7.60 Å². The molecule has 0 aliphatic rings. The van der Waals surface area contributed by atoms with Crippen molar-refractivity contribution in [2.75, 3.05) is 0 Å². The van der Waals surface area contributed by atoms with Gasteiger partial charge in [0.1, 0.15) is 5.75 Å². The summed E-state index contributed by atoms with van der Waals surface area (Å²) in [7, 11) is -3.59. The van der Waals surface area contributed by atoms with Gasteiger partial charge in [0.05, 0.1) is 10.9 Å². The molecule has 0 bridgehead atoms. The lowest BCUT2D eigenvalue weighted by molar-refractivity contribution is 0.0720. The Morgan fingerprint density at radius 2 is 1.08 bits per heavy atom. The van der Waals surface area contributed by atoms with Crippen molar-refractivity contribution in [1.82, 2.24) is 0 Å². The Hall–Kier alpha value is -2.35. The molecule has 0 fully saturated rings. The minimum absolute atomic E-state index is 0.186. The van der Waals surface area contributed by atoms with Crippen LogP contribution in [0.5, 0.6) is 5.75 Å². The van der Waals surface area contributed by atoms with Gasteiger partial charge in [-0.25, -0.2) is 4.57 Å². The van der Waals surface area contributed by atoms with Crippen LogP contribution in [0.4, 0.5) is 0 Å². The summed E-state index contributed by atoms with van der Waals surface area (Å²) in [6.45, 7) is 17.4. The van der Waals surface area contributed by atoms with E-state index in [1.165, 1.54) is 16.7 Å². The van der Waals surface area contributed by atoms with Gasteiger partial charge in [-0.15, -0.1) is 0 Å². The molecule has 0 spiro atoms. The Kier molecular flexibility index (Phi) is 9.14. The molecule has 0 aromatic heterocycles. The standard InChI is InChI=1S/C33H45O3P/c1-9-32(7,10-2)28-20-18-26(19-21-28)31(5,6)27-22-24-29(25-23-27)35-37(34,30-16-14-13-15-17-30)36-33(8,11-3)12-4/h13-25H,9-12H2,1-8H3. The molecule has 0 heterocycles. The third-order valence-corrected chi connectivity index (χ3v) is 10.6. The van der Waals surface area contributed by atoms with Crippen molar-refractivity contribution in [1.29, 1.82) is 0 Å². The van der Waals surface area contributed by atoms with E-state index in [9.17, 15) is 4.57 Å². The van der Waals surface area contributed by atoms with E-state index in [4.69, 9.17) is 9.05 Å². The van der Waals surface area contributed by atoms with Crippen LogP contribution in [0.15, 0.2) is 78.9 Å².